The van der Waals surface area contributed by atoms with Crippen LogP contribution < -0.4 is 5.73 Å². The second kappa shape index (κ2) is 4.38. The first-order chi connectivity index (χ1) is 4.95. The molecule has 0 saturated carbocycles. The molecule has 0 heterocycles. The maximum Gasteiger partial charge on any atom is 0.231 e. The number of thioether (sulfide) groups is 1. The molecular formula is C7H13NO2S. The lowest BCUT2D eigenvalue weighted by Gasteiger charge is -2.13. The monoisotopic (exact) mass is 175 g/mol. The molecule has 4 heteroatoms. The van der Waals surface area contributed by atoms with Crippen LogP contribution in [0.4, 0.5) is 0 Å². The van der Waals surface area contributed by atoms with Crippen LogP contribution in [0.1, 0.15) is 20.8 Å². The van der Waals surface area contributed by atoms with Crippen LogP contribution >= 0.6 is 11.8 Å². The Hall–Kier alpha value is -0.510. The standard InChI is InChI=1S/C7H13NO2S/c1-4(2)6(7(8)10)11-5(3)9/h4,6H,1-3H3,(H2,8,10)/t6-/m0/s1. The Kier molecular flexibility index (Phi) is 4.18. The van der Waals surface area contributed by atoms with Crippen molar-refractivity contribution in [2.75, 3.05) is 0 Å². The molecule has 0 saturated heterocycles. The molecule has 0 radical (unpaired) electrons. The maximum atomic E-state index is 10.7. The van der Waals surface area contributed by atoms with Gasteiger partial charge < -0.3 is 5.73 Å². The summed E-state index contributed by atoms with van der Waals surface area (Å²) in [5, 5.41) is -0.449. The van der Waals surface area contributed by atoms with Gasteiger partial charge in [0.05, 0.1) is 5.25 Å². The summed E-state index contributed by atoms with van der Waals surface area (Å²) in [6, 6.07) is 0. The van der Waals surface area contributed by atoms with Gasteiger partial charge in [-0.05, 0) is 5.92 Å². The van der Waals surface area contributed by atoms with Gasteiger partial charge in [-0.25, -0.2) is 0 Å². The fourth-order valence-corrected chi connectivity index (χ4v) is 1.45. The minimum absolute atomic E-state index is 0.0671. The summed E-state index contributed by atoms with van der Waals surface area (Å²) in [5.41, 5.74) is 5.07. The van der Waals surface area contributed by atoms with Crippen molar-refractivity contribution in [3.63, 3.8) is 0 Å². The summed E-state index contributed by atoms with van der Waals surface area (Å²) >= 11 is 1.00. The number of rotatable bonds is 3. The van der Waals surface area contributed by atoms with Gasteiger partial charge in [0.1, 0.15) is 0 Å². The first kappa shape index (κ1) is 10.5. The smallest absolute Gasteiger partial charge is 0.231 e. The maximum absolute atomic E-state index is 10.7. The van der Waals surface area contributed by atoms with Crippen molar-refractivity contribution >= 4 is 22.8 Å². The molecule has 0 aromatic rings. The third-order valence-corrected chi connectivity index (χ3v) is 2.54. The van der Waals surface area contributed by atoms with Crippen LogP contribution in [0.2, 0.25) is 0 Å². The number of primary amides is 1. The first-order valence-electron chi connectivity index (χ1n) is 3.41. The van der Waals surface area contributed by atoms with E-state index in [1.807, 2.05) is 13.8 Å². The third kappa shape index (κ3) is 4.03. The van der Waals surface area contributed by atoms with Crippen molar-refractivity contribution in [2.24, 2.45) is 11.7 Å². The van der Waals surface area contributed by atoms with E-state index in [0.717, 1.165) is 11.8 Å². The minimum Gasteiger partial charge on any atom is -0.369 e. The number of hydrogen-bond donors (Lipinski definition) is 1. The quantitative estimate of drug-likeness (QED) is 0.689. The number of carbonyl (C=O) groups excluding carboxylic acids is 2. The highest BCUT2D eigenvalue weighted by Gasteiger charge is 2.21. The summed E-state index contributed by atoms with van der Waals surface area (Å²) in [4.78, 5) is 21.3. The summed E-state index contributed by atoms with van der Waals surface area (Å²) in [7, 11) is 0. The molecule has 0 aromatic heterocycles. The van der Waals surface area contributed by atoms with Crippen LogP contribution in [0.25, 0.3) is 0 Å². The van der Waals surface area contributed by atoms with Gasteiger partial charge in [0.15, 0.2) is 5.12 Å². The number of nitrogens with two attached hydrogens (primary N) is 1. The Labute approximate surface area is 70.7 Å². The van der Waals surface area contributed by atoms with Crippen molar-refractivity contribution in [1.82, 2.24) is 0 Å². The normalized spacial score (nSPS) is 13.1. The van der Waals surface area contributed by atoms with E-state index in [4.69, 9.17) is 5.73 Å². The molecular weight excluding hydrogens is 162 g/mol. The molecule has 3 nitrogen and oxygen atoms in total. The molecule has 0 aromatic carbocycles. The molecule has 0 rings (SSSR count). The van der Waals surface area contributed by atoms with Crippen molar-refractivity contribution in [2.45, 2.75) is 26.0 Å². The van der Waals surface area contributed by atoms with Crippen LogP contribution in [-0.4, -0.2) is 16.3 Å². The van der Waals surface area contributed by atoms with Gasteiger partial charge in [-0.15, -0.1) is 0 Å². The molecule has 1 amide bonds. The highest BCUT2D eigenvalue weighted by atomic mass is 32.2. The number of hydrogen-bond acceptors (Lipinski definition) is 3. The molecule has 0 spiro atoms. The Morgan fingerprint density at radius 1 is 1.36 bits per heavy atom. The van der Waals surface area contributed by atoms with Crippen molar-refractivity contribution in [3.8, 4) is 0 Å². The summed E-state index contributed by atoms with van der Waals surface area (Å²) in [5.74, 6) is -0.304. The zero-order chi connectivity index (χ0) is 9.02. The fraction of sp³-hybridized carbons (Fsp3) is 0.714. The van der Waals surface area contributed by atoms with Crippen molar-refractivity contribution in [3.05, 3.63) is 0 Å². The molecule has 0 fully saturated rings. The number of amides is 1. The van der Waals surface area contributed by atoms with E-state index in [2.05, 4.69) is 0 Å². The Morgan fingerprint density at radius 3 is 1.91 bits per heavy atom. The lowest BCUT2D eigenvalue weighted by atomic mass is 10.1. The summed E-state index contributed by atoms with van der Waals surface area (Å²) in [6.45, 7) is 5.17. The predicted octanol–water partition coefficient (Wildman–Crippen LogP) is 0.776. The van der Waals surface area contributed by atoms with Crippen LogP contribution in [0.15, 0.2) is 0 Å². The molecule has 0 aliphatic heterocycles. The fourth-order valence-electron chi connectivity index (χ4n) is 0.701. The lowest BCUT2D eigenvalue weighted by Crippen LogP contribution is -2.30. The van der Waals surface area contributed by atoms with Crippen LogP contribution in [0.5, 0.6) is 0 Å². The Bertz CT molecular complexity index is 168. The van der Waals surface area contributed by atoms with E-state index in [0.29, 0.717) is 0 Å². The molecule has 2 N–H and O–H groups in total. The van der Waals surface area contributed by atoms with Crippen LogP contribution in [0.3, 0.4) is 0 Å². The van der Waals surface area contributed by atoms with Gasteiger partial charge in [-0.2, -0.15) is 0 Å². The van der Waals surface area contributed by atoms with E-state index in [-0.39, 0.29) is 16.3 Å². The van der Waals surface area contributed by atoms with Crippen molar-refractivity contribution in [1.29, 1.82) is 0 Å². The van der Waals surface area contributed by atoms with E-state index in [1.165, 1.54) is 6.92 Å². The van der Waals surface area contributed by atoms with Crippen LogP contribution in [-0.2, 0) is 9.59 Å². The Morgan fingerprint density at radius 2 is 1.82 bits per heavy atom. The predicted molar refractivity (Wildman–Crippen MR) is 46.1 cm³/mol. The SMILES string of the molecule is CC(=O)S[C@H](C(N)=O)C(C)C. The summed E-state index contributed by atoms with van der Waals surface area (Å²) in [6.07, 6.45) is 0. The minimum atomic E-state index is -0.416. The first-order valence-corrected chi connectivity index (χ1v) is 4.29. The molecule has 64 valence electrons. The average Bonchev–Trinajstić information content (AvgIpc) is 1.81. The zero-order valence-electron chi connectivity index (χ0n) is 6.96. The lowest BCUT2D eigenvalue weighted by molar-refractivity contribution is -0.118. The molecule has 11 heavy (non-hydrogen) atoms. The van der Waals surface area contributed by atoms with Gasteiger partial charge in [0.2, 0.25) is 5.91 Å². The van der Waals surface area contributed by atoms with Gasteiger partial charge >= 0.3 is 0 Å². The zero-order valence-corrected chi connectivity index (χ0v) is 7.77. The third-order valence-electron chi connectivity index (χ3n) is 1.18. The van der Waals surface area contributed by atoms with Gasteiger partial charge in [0, 0.05) is 6.92 Å². The highest BCUT2D eigenvalue weighted by molar-refractivity contribution is 8.14. The van der Waals surface area contributed by atoms with E-state index >= 15 is 0 Å². The largest absolute Gasteiger partial charge is 0.369 e. The topological polar surface area (TPSA) is 60.2 Å². The molecule has 1 atom stereocenters. The molecule has 0 bridgehead atoms. The average molecular weight is 175 g/mol. The van der Waals surface area contributed by atoms with Crippen molar-refractivity contribution < 1.29 is 9.59 Å². The van der Waals surface area contributed by atoms with Gasteiger partial charge in [-0.3, -0.25) is 9.59 Å². The summed E-state index contributed by atoms with van der Waals surface area (Å²) < 4.78 is 0. The second-order valence-electron chi connectivity index (χ2n) is 2.68. The molecule has 0 aliphatic carbocycles. The van der Waals surface area contributed by atoms with E-state index in [9.17, 15) is 9.59 Å². The van der Waals surface area contributed by atoms with E-state index in [1.54, 1.807) is 0 Å². The van der Waals surface area contributed by atoms with Crippen LogP contribution in [0, 0.1) is 5.92 Å². The van der Waals surface area contributed by atoms with Gasteiger partial charge in [0.25, 0.3) is 0 Å². The number of carbonyl (C=O) groups is 2. The second-order valence-corrected chi connectivity index (χ2v) is 3.99. The molecule has 0 unspecified atom stereocenters. The Balaban J connectivity index is 4.12. The van der Waals surface area contributed by atoms with E-state index < -0.39 is 5.91 Å². The van der Waals surface area contributed by atoms with Gasteiger partial charge in [-0.1, -0.05) is 25.6 Å². The highest BCUT2D eigenvalue weighted by Crippen LogP contribution is 2.19. The molecule has 0 aliphatic rings.